The molecule has 1 amide bonds. The van der Waals surface area contributed by atoms with E-state index in [-0.39, 0.29) is 11.5 Å². The number of nitrogens with zero attached hydrogens (tertiary/aromatic N) is 2. The zero-order chi connectivity index (χ0) is 15.6. The van der Waals surface area contributed by atoms with Crippen molar-refractivity contribution in [2.75, 3.05) is 7.05 Å². The minimum atomic E-state index is -1.13. The molecule has 0 radical (unpaired) electrons. The van der Waals surface area contributed by atoms with E-state index in [4.69, 9.17) is 0 Å². The highest BCUT2D eigenvalue weighted by molar-refractivity contribution is 5.97. The Kier molecular flexibility index (Phi) is 4.16. The first kappa shape index (κ1) is 15.3. The summed E-state index contributed by atoms with van der Waals surface area (Å²) in [4.78, 5) is 37.0. The molecule has 0 aliphatic heterocycles. The lowest BCUT2D eigenvalue weighted by atomic mass is 9.80. The molecule has 2 rings (SSSR count). The van der Waals surface area contributed by atoms with E-state index >= 15 is 0 Å². The molecule has 0 aromatic carbocycles. The predicted octanol–water partition coefficient (Wildman–Crippen LogP) is 1.24. The molecule has 0 saturated heterocycles. The van der Waals surface area contributed by atoms with Crippen molar-refractivity contribution < 1.29 is 14.7 Å². The summed E-state index contributed by atoms with van der Waals surface area (Å²) in [5.74, 6) is -1.32. The van der Waals surface area contributed by atoms with Gasteiger partial charge in [-0.2, -0.15) is 0 Å². The fourth-order valence-corrected chi connectivity index (χ4v) is 2.94. The zero-order valence-electron chi connectivity index (χ0n) is 12.3. The summed E-state index contributed by atoms with van der Waals surface area (Å²) in [7, 11) is 3.10. The monoisotopic (exact) mass is 292 g/mol. The lowest BCUT2D eigenvalue weighted by Crippen LogP contribution is -2.56. The van der Waals surface area contributed by atoms with Gasteiger partial charge in [-0.3, -0.25) is 9.59 Å². The zero-order valence-corrected chi connectivity index (χ0v) is 12.3. The Balaban J connectivity index is 2.34. The number of likely N-dealkylation sites (N-methyl/N-ethyl adjacent to an activating group) is 1. The average Bonchev–Trinajstić information content (AvgIpc) is 2.49. The molecule has 1 aromatic rings. The Morgan fingerprint density at radius 2 is 1.86 bits per heavy atom. The van der Waals surface area contributed by atoms with Crippen LogP contribution in [0.15, 0.2) is 23.1 Å². The Labute approximate surface area is 123 Å². The second-order valence-corrected chi connectivity index (χ2v) is 5.63. The first-order chi connectivity index (χ1) is 9.88. The summed E-state index contributed by atoms with van der Waals surface area (Å²) in [6.07, 6.45) is 4.98. The normalized spacial score (nSPS) is 17.2. The molecule has 1 heterocycles. The van der Waals surface area contributed by atoms with Crippen LogP contribution in [0.5, 0.6) is 0 Å². The van der Waals surface area contributed by atoms with E-state index in [9.17, 15) is 19.5 Å². The second-order valence-electron chi connectivity index (χ2n) is 5.63. The smallest absolute Gasteiger partial charge is 0.329 e. The van der Waals surface area contributed by atoms with E-state index in [1.54, 1.807) is 7.05 Å². The van der Waals surface area contributed by atoms with Crippen LogP contribution < -0.4 is 5.56 Å². The summed E-state index contributed by atoms with van der Waals surface area (Å²) in [6, 6.07) is 2.76. The van der Waals surface area contributed by atoms with E-state index in [0.29, 0.717) is 18.4 Å². The van der Waals surface area contributed by atoms with Crippen molar-refractivity contribution in [3.8, 4) is 0 Å². The highest BCUT2D eigenvalue weighted by Crippen LogP contribution is 2.34. The molecule has 1 saturated carbocycles. The third kappa shape index (κ3) is 2.70. The van der Waals surface area contributed by atoms with Crippen molar-refractivity contribution in [1.82, 2.24) is 9.47 Å². The molecule has 6 heteroatoms. The van der Waals surface area contributed by atoms with Crippen LogP contribution in [0.1, 0.15) is 42.5 Å². The Morgan fingerprint density at radius 1 is 1.24 bits per heavy atom. The lowest BCUT2D eigenvalue weighted by Gasteiger charge is -2.41. The molecule has 21 heavy (non-hydrogen) atoms. The topological polar surface area (TPSA) is 79.6 Å². The maximum Gasteiger partial charge on any atom is 0.329 e. The van der Waals surface area contributed by atoms with Gasteiger partial charge in [0.25, 0.3) is 5.91 Å². The quantitative estimate of drug-likeness (QED) is 0.909. The van der Waals surface area contributed by atoms with E-state index in [0.717, 1.165) is 19.3 Å². The molecule has 6 nitrogen and oxygen atoms in total. The summed E-state index contributed by atoms with van der Waals surface area (Å²) >= 11 is 0. The predicted molar refractivity (Wildman–Crippen MR) is 77.2 cm³/mol. The summed E-state index contributed by atoms with van der Waals surface area (Å²) in [5.41, 5.74) is -1.02. The van der Waals surface area contributed by atoms with Crippen LogP contribution in [-0.4, -0.2) is 39.0 Å². The van der Waals surface area contributed by atoms with Gasteiger partial charge in [0.1, 0.15) is 5.54 Å². The third-order valence-corrected chi connectivity index (χ3v) is 4.36. The number of aryl methyl sites for hydroxylation is 1. The van der Waals surface area contributed by atoms with Crippen molar-refractivity contribution in [1.29, 1.82) is 0 Å². The van der Waals surface area contributed by atoms with Gasteiger partial charge >= 0.3 is 5.97 Å². The van der Waals surface area contributed by atoms with Gasteiger partial charge in [-0.15, -0.1) is 0 Å². The molecule has 1 N–H and O–H groups in total. The number of hydrogen-bond acceptors (Lipinski definition) is 3. The molecule has 0 unspecified atom stereocenters. The fraction of sp³-hybridized carbons (Fsp3) is 0.533. The molecule has 1 fully saturated rings. The molecule has 0 spiro atoms. The highest BCUT2D eigenvalue weighted by atomic mass is 16.4. The molecule has 1 aliphatic carbocycles. The first-order valence-corrected chi connectivity index (χ1v) is 7.07. The van der Waals surface area contributed by atoms with Gasteiger partial charge in [0, 0.05) is 26.4 Å². The number of carboxylic acid groups (broad SMARTS) is 1. The van der Waals surface area contributed by atoms with Crippen molar-refractivity contribution in [2.24, 2.45) is 7.05 Å². The molecule has 0 bridgehead atoms. The van der Waals surface area contributed by atoms with Gasteiger partial charge in [-0.1, -0.05) is 19.3 Å². The van der Waals surface area contributed by atoms with Gasteiger partial charge in [0.2, 0.25) is 5.56 Å². The fourth-order valence-electron chi connectivity index (χ4n) is 2.94. The van der Waals surface area contributed by atoms with E-state index in [1.165, 1.54) is 34.8 Å². The molecule has 1 aliphatic rings. The van der Waals surface area contributed by atoms with Crippen LogP contribution in [0, 0.1) is 0 Å². The maximum atomic E-state index is 12.6. The second kappa shape index (κ2) is 5.71. The number of rotatable bonds is 3. The van der Waals surface area contributed by atoms with Crippen molar-refractivity contribution >= 4 is 11.9 Å². The minimum Gasteiger partial charge on any atom is -0.479 e. The first-order valence-electron chi connectivity index (χ1n) is 7.07. The van der Waals surface area contributed by atoms with Crippen molar-refractivity contribution in [3.63, 3.8) is 0 Å². The van der Waals surface area contributed by atoms with Crippen LogP contribution in [-0.2, 0) is 11.8 Å². The third-order valence-electron chi connectivity index (χ3n) is 4.36. The number of pyridine rings is 1. The number of hydrogen-bond donors (Lipinski definition) is 1. The molecule has 114 valence electrons. The van der Waals surface area contributed by atoms with Crippen LogP contribution >= 0.6 is 0 Å². The number of amides is 1. The highest BCUT2D eigenvalue weighted by Gasteiger charge is 2.45. The molecule has 0 atom stereocenters. The van der Waals surface area contributed by atoms with E-state index < -0.39 is 11.5 Å². The maximum absolute atomic E-state index is 12.6. The van der Waals surface area contributed by atoms with Crippen LogP contribution in [0.2, 0.25) is 0 Å². The average molecular weight is 292 g/mol. The van der Waals surface area contributed by atoms with Crippen molar-refractivity contribution in [3.05, 3.63) is 34.2 Å². The van der Waals surface area contributed by atoms with Crippen LogP contribution in [0.4, 0.5) is 0 Å². The lowest BCUT2D eigenvalue weighted by molar-refractivity contribution is -0.151. The Hall–Kier alpha value is -2.11. The van der Waals surface area contributed by atoms with Gasteiger partial charge in [-0.05, 0) is 18.9 Å². The summed E-state index contributed by atoms with van der Waals surface area (Å²) < 4.78 is 1.31. The summed E-state index contributed by atoms with van der Waals surface area (Å²) in [5, 5.41) is 9.60. The van der Waals surface area contributed by atoms with Crippen LogP contribution in [0.25, 0.3) is 0 Å². The van der Waals surface area contributed by atoms with Gasteiger partial charge in [-0.25, -0.2) is 4.79 Å². The summed E-state index contributed by atoms with van der Waals surface area (Å²) in [6.45, 7) is 0. The van der Waals surface area contributed by atoms with E-state index in [1.807, 2.05) is 0 Å². The molecule has 1 aromatic heterocycles. The number of aromatic nitrogens is 1. The number of aliphatic carboxylic acids is 1. The SMILES string of the molecule is CN(C(=O)c1ccc(=O)n(C)c1)C1(C(=O)O)CCCCC1. The number of carbonyl (C=O) groups is 2. The van der Waals surface area contributed by atoms with Crippen molar-refractivity contribution in [2.45, 2.75) is 37.6 Å². The number of carbonyl (C=O) groups excluding carboxylic acids is 1. The standard InChI is InChI=1S/C15H20N2O4/c1-16-10-11(6-7-12(16)18)13(19)17(2)15(14(20)21)8-4-3-5-9-15/h6-7,10H,3-5,8-9H2,1-2H3,(H,20,21). The number of carboxylic acids is 1. The Bertz CT molecular complexity index is 614. The molecular formula is C15H20N2O4. The van der Waals surface area contributed by atoms with Gasteiger partial charge in [0.05, 0.1) is 5.56 Å². The molecular weight excluding hydrogens is 272 g/mol. The minimum absolute atomic E-state index is 0.209. The van der Waals surface area contributed by atoms with Crippen LogP contribution in [0.3, 0.4) is 0 Å². The largest absolute Gasteiger partial charge is 0.479 e. The van der Waals surface area contributed by atoms with Gasteiger partial charge < -0.3 is 14.6 Å². The Morgan fingerprint density at radius 3 is 2.38 bits per heavy atom. The van der Waals surface area contributed by atoms with Gasteiger partial charge in [0.15, 0.2) is 0 Å². The van der Waals surface area contributed by atoms with E-state index in [2.05, 4.69) is 0 Å².